The summed E-state index contributed by atoms with van der Waals surface area (Å²) in [6.07, 6.45) is 0. The van der Waals surface area contributed by atoms with Crippen LogP contribution in [0.5, 0.6) is 0 Å². The molecule has 0 spiro atoms. The van der Waals surface area contributed by atoms with E-state index in [0.29, 0.717) is 0 Å². The van der Waals surface area contributed by atoms with Crippen molar-refractivity contribution >= 4 is 65.0 Å². The van der Waals surface area contributed by atoms with Crippen LogP contribution < -0.4 is 0 Å². The maximum atomic E-state index is 6.56. The topological polar surface area (TPSA) is 13.1 Å². The second-order valence-electron chi connectivity index (χ2n) is 14.4. The predicted octanol–water partition coefficient (Wildman–Crippen LogP) is 13.8. The van der Waals surface area contributed by atoms with Crippen molar-refractivity contribution in [2.24, 2.45) is 0 Å². The van der Waals surface area contributed by atoms with Gasteiger partial charge in [-0.3, -0.25) is 0 Å². The van der Waals surface area contributed by atoms with Gasteiger partial charge in [-0.1, -0.05) is 141 Å². The first-order valence-electron chi connectivity index (χ1n) is 17.5. The molecular weight excluding hydrogens is 605 g/mol. The maximum Gasteiger partial charge on any atom is 0.136 e. The van der Waals surface area contributed by atoms with Gasteiger partial charge >= 0.3 is 0 Å². The van der Waals surface area contributed by atoms with Crippen molar-refractivity contribution in [1.82, 2.24) is 0 Å². The zero-order chi connectivity index (χ0) is 33.1. The van der Waals surface area contributed by atoms with Gasteiger partial charge in [0.25, 0.3) is 0 Å². The van der Waals surface area contributed by atoms with Crippen molar-refractivity contribution in [2.75, 3.05) is 0 Å². The molecule has 0 saturated heterocycles. The molecule has 0 bridgehead atoms. The summed E-state index contributed by atoms with van der Waals surface area (Å²) >= 11 is 0. The number of benzene rings is 9. The third-order valence-corrected chi connectivity index (χ3v) is 11.4. The van der Waals surface area contributed by atoms with Gasteiger partial charge in [-0.05, 0) is 118 Å². The van der Waals surface area contributed by atoms with Crippen molar-refractivity contribution in [3.05, 3.63) is 169 Å². The number of furan rings is 1. The molecule has 0 amide bonds. The zero-order valence-electron chi connectivity index (χ0n) is 27.9. The van der Waals surface area contributed by atoms with Crippen LogP contribution in [0.15, 0.2) is 162 Å². The quantitative estimate of drug-likeness (QED) is 0.172. The Labute approximate surface area is 290 Å². The molecule has 0 N–H and O–H groups in total. The first-order valence-corrected chi connectivity index (χ1v) is 17.5. The van der Waals surface area contributed by atoms with Gasteiger partial charge in [0.15, 0.2) is 0 Å². The zero-order valence-corrected chi connectivity index (χ0v) is 27.9. The lowest BCUT2D eigenvalue weighted by Crippen LogP contribution is -2.15. The van der Waals surface area contributed by atoms with Crippen molar-refractivity contribution in [3.8, 4) is 33.4 Å². The molecule has 1 nitrogen and oxygen atoms in total. The lowest BCUT2D eigenvalue weighted by molar-refractivity contribution is 0.661. The fourth-order valence-corrected chi connectivity index (χ4v) is 9.03. The van der Waals surface area contributed by atoms with E-state index in [1.807, 2.05) is 0 Å². The van der Waals surface area contributed by atoms with Crippen molar-refractivity contribution < 1.29 is 4.42 Å². The average molecular weight is 637 g/mol. The van der Waals surface area contributed by atoms with E-state index in [9.17, 15) is 0 Å². The monoisotopic (exact) mass is 636 g/mol. The fourth-order valence-electron chi connectivity index (χ4n) is 9.03. The molecule has 10 aromatic rings. The van der Waals surface area contributed by atoms with Crippen LogP contribution in [0.4, 0.5) is 0 Å². The molecule has 0 saturated carbocycles. The van der Waals surface area contributed by atoms with E-state index in [1.54, 1.807) is 0 Å². The molecule has 0 unspecified atom stereocenters. The number of rotatable bonds is 2. The molecule has 1 aliphatic carbocycles. The minimum absolute atomic E-state index is 0.107. The fraction of sp³-hybridized carbons (Fsp3) is 0.0612. The Morgan fingerprint density at radius 1 is 0.360 bits per heavy atom. The van der Waals surface area contributed by atoms with Crippen LogP contribution in [0.25, 0.3) is 98.4 Å². The standard InChI is InChI=1S/C49H32O/c1-49(2)42-24-21-29-11-5-6-14-34(29)48(42)40-23-20-32(26-43(40)49)46-36-15-7-9-17-38(36)47(39-18-10-8-16-37(39)46)33-19-22-35-41-25-30-12-3-4-13-31(30)27-45(41)50-44(35)28-33/h3-28H,1-2H3. The lowest BCUT2D eigenvalue weighted by Gasteiger charge is -2.23. The second kappa shape index (κ2) is 9.94. The number of hydrogen-bond acceptors (Lipinski definition) is 1. The van der Waals surface area contributed by atoms with Crippen molar-refractivity contribution in [3.63, 3.8) is 0 Å². The Morgan fingerprint density at radius 3 is 1.58 bits per heavy atom. The summed E-state index contributed by atoms with van der Waals surface area (Å²) in [6, 6.07) is 58.2. The molecule has 0 atom stereocenters. The first kappa shape index (κ1) is 27.7. The third kappa shape index (κ3) is 3.72. The minimum atomic E-state index is -0.107. The predicted molar refractivity (Wildman–Crippen MR) is 212 cm³/mol. The molecule has 1 aliphatic rings. The molecule has 234 valence electrons. The highest BCUT2D eigenvalue weighted by molar-refractivity contribution is 6.22. The van der Waals surface area contributed by atoms with Crippen LogP contribution >= 0.6 is 0 Å². The summed E-state index contributed by atoms with van der Waals surface area (Å²) in [5.74, 6) is 0. The highest BCUT2D eigenvalue weighted by Crippen LogP contribution is 2.53. The summed E-state index contributed by atoms with van der Waals surface area (Å²) < 4.78 is 6.56. The Balaban J connectivity index is 1.15. The first-order chi connectivity index (χ1) is 24.5. The van der Waals surface area contributed by atoms with Crippen LogP contribution in [-0.4, -0.2) is 0 Å². The highest BCUT2D eigenvalue weighted by Gasteiger charge is 2.36. The van der Waals surface area contributed by atoms with E-state index in [4.69, 9.17) is 4.42 Å². The van der Waals surface area contributed by atoms with Gasteiger partial charge in [0, 0.05) is 16.2 Å². The van der Waals surface area contributed by atoms with E-state index in [2.05, 4.69) is 172 Å². The lowest BCUT2D eigenvalue weighted by atomic mass is 9.80. The van der Waals surface area contributed by atoms with Crippen LogP contribution in [-0.2, 0) is 5.41 Å². The third-order valence-electron chi connectivity index (χ3n) is 11.4. The van der Waals surface area contributed by atoms with Crippen LogP contribution in [0.1, 0.15) is 25.0 Å². The molecule has 1 heterocycles. The Kier molecular flexibility index (Phi) is 5.51. The summed E-state index contributed by atoms with van der Waals surface area (Å²) in [6.45, 7) is 4.76. The SMILES string of the molecule is CC1(C)c2cc(-c3c4ccccc4c(-c4ccc5c(c4)oc4cc6ccccc6cc45)c4ccccc34)ccc2-c2c1ccc1ccccc21. The molecule has 0 aliphatic heterocycles. The van der Waals surface area contributed by atoms with E-state index in [0.717, 1.165) is 27.5 Å². The van der Waals surface area contributed by atoms with Gasteiger partial charge in [0.2, 0.25) is 0 Å². The highest BCUT2D eigenvalue weighted by atomic mass is 16.3. The molecule has 50 heavy (non-hydrogen) atoms. The normalized spacial score (nSPS) is 13.6. The van der Waals surface area contributed by atoms with Crippen LogP contribution in [0, 0.1) is 0 Å². The van der Waals surface area contributed by atoms with E-state index >= 15 is 0 Å². The molecule has 11 rings (SSSR count). The molecule has 1 aromatic heterocycles. The second-order valence-corrected chi connectivity index (χ2v) is 14.4. The van der Waals surface area contributed by atoms with E-state index in [-0.39, 0.29) is 5.41 Å². The minimum Gasteiger partial charge on any atom is -0.456 e. The number of fused-ring (bicyclic) bond motifs is 11. The maximum absolute atomic E-state index is 6.56. The van der Waals surface area contributed by atoms with Gasteiger partial charge in [0.1, 0.15) is 11.2 Å². The molecule has 0 radical (unpaired) electrons. The van der Waals surface area contributed by atoms with Crippen molar-refractivity contribution in [1.29, 1.82) is 0 Å². The Bertz CT molecular complexity index is 3010. The molecular formula is C49H32O. The van der Waals surface area contributed by atoms with Gasteiger partial charge in [-0.25, -0.2) is 0 Å². The molecule has 9 aromatic carbocycles. The Hall–Kier alpha value is -6.18. The smallest absolute Gasteiger partial charge is 0.136 e. The van der Waals surface area contributed by atoms with Crippen LogP contribution in [0.3, 0.4) is 0 Å². The average Bonchev–Trinajstić information content (AvgIpc) is 3.62. The van der Waals surface area contributed by atoms with Crippen molar-refractivity contribution in [2.45, 2.75) is 19.3 Å². The van der Waals surface area contributed by atoms with Gasteiger partial charge < -0.3 is 4.42 Å². The largest absolute Gasteiger partial charge is 0.456 e. The van der Waals surface area contributed by atoms with E-state index < -0.39 is 0 Å². The molecule has 0 fully saturated rings. The Morgan fingerprint density at radius 2 is 0.900 bits per heavy atom. The van der Waals surface area contributed by atoms with E-state index in [1.165, 1.54) is 82.0 Å². The molecule has 1 heteroatoms. The summed E-state index contributed by atoms with van der Waals surface area (Å²) in [4.78, 5) is 0. The van der Waals surface area contributed by atoms with Crippen LogP contribution in [0.2, 0.25) is 0 Å². The van der Waals surface area contributed by atoms with Gasteiger partial charge in [0.05, 0.1) is 0 Å². The van der Waals surface area contributed by atoms with Gasteiger partial charge in [-0.15, -0.1) is 0 Å². The number of hydrogen-bond donors (Lipinski definition) is 0. The summed E-state index contributed by atoms with van der Waals surface area (Å²) in [5.41, 5.74) is 12.2. The summed E-state index contributed by atoms with van der Waals surface area (Å²) in [7, 11) is 0. The van der Waals surface area contributed by atoms with Gasteiger partial charge in [-0.2, -0.15) is 0 Å². The summed E-state index contributed by atoms with van der Waals surface area (Å²) in [5, 5.41) is 12.4.